The summed E-state index contributed by atoms with van der Waals surface area (Å²) >= 11 is 0. The highest BCUT2D eigenvalue weighted by atomic mass is 16.2. The van der Waals surface area contributed by atoms with E-state index in [1.807, 2.05) is 67.7 Å². The monoisotopic (exact) mass is 404 g/mol. The molecule has 0 atom stereocenters. The lowest BCUT2D eigenvalue weighted by molar-refractivity contribution is -0.128. The zero-order valence-corrected chi connectivity index (χ0v) is 17.6. The SMILES string of the molecule is CN(C)CCn1cc(C(=O)Nc2cccc(CN3CCCC3=O)c2)c2ccccc21. The molecule has 2 amide bonds. The molecule has 4 rings (SSSR count). The lowest BCUT2D eigenvalue weighted by Crippen LogP contribution is -2.23. The molecule has 2 aromatic carbocycles. The van der Waals surface area contributed by atoms with Gasteiger partial charge in [0.25, 0.3) is 5.91 Å². The molecule has 156 valence electrons. The molecular formula is C24H28N4O2. The zero-order valence-electron chi connectivity index (χ0n) is 17.6. The summed E-state index contributed by atoms with van der Waals surface area (Å²) in [6.07, 6.45) is 3.50. The Morgan fingerprint density at radius 2 is 1.97 bits per heavy atom. The summed E-state index contributed by atoms with van der Waals surface area (Å²) in [4.78, 5) is 29.0. The van der Waals surface area contributed by atoms with Crippen LogP contribution in [0.4, 0.5) is 5.69 Å². The van der Waals surface area contributed by atoms with Crippen LogP contribution in [0, 0.1) is 0 Å². The first-order valence-electron chi connectivity index (χ1n) is 10.4. The minimum absolute atomic E-state index is 0.121. The molecule has 1 aliphatic rings. The van der Waals surface area contributed by atoms with Crippen molar-refractivity contribution >= 4 is 28.4 Å². The van der Waals surface area contributed by atoms with Gasteiger partial charge < -0.3 is 19.7 Å². The molecule has 0 radical (unpaired) electrons. The highest BCUT2D eigenvalue weighted by molar-refractivity contribution is 6.13. The van der Waals surface area contributed by atoms with Crippen molar-refractivity contribution in [1.29, 1.82) is 0 Å². The van der Waals surface area contributed by atoms with E-state index < -0.39 is 0 Å². The van der Waals surface area contributed by atoms with E-state index in [0.717, 1.165) is 48.2 Å². The predicted molar refractivity (Wildman–Crippen MR) is 120 cm³/mol. The van der Waals surface area contributed by atoms with Crippen LogP contribution in [-0.4, -0.2) is 53.4 Å². The number of amides is 2. The lowest BCUT2D eigenvalue weighted by Gasteiger charge is -2.16. The zero-order chi connectivity index (χ0) is 21.1. The Bertz CT molecular complexity index is 1070. The van der Waals surface area contributed by atoms with Crippen LogP contribution in [0.15, 0.2) is 54.7 Å². The molecule has 6 nitrogen and oxygen atoms in total. The third-order valence-corrected chi connectivity index (χ3v) is 5.55. The maximum absolute atomic E-state index is 13.1. The van der Waals surface area contributed by atoms with Crippen LogP contribution in [0.5, 0.6) is 0 Å². The summed E-state index contributed by atoms with van der Waals surface area (Å²) in [6, 6.07) is 15.8. The summed E-state index contributed by atoms with van der Waals surface area (Å²) in [5.41, 5.74) is 3.50. The Labute approximate surface area is 177 Å². The van der Waals surface area contributed by atoms with Gasteiger partial charge in [0.1, 0.15) is 0 Å². The van der Waals surface area contributed by atoms with E-state index in [4.69, 9.17) is 0 Å². The standard InChI is InChI=1S/C24H28N4O2/c1-26(2)13-14-27-17-21(20-9-3-4-10-22(20)27)24(30)25-19-8-5-7-18(15-19)16-28-12-6-11-23(28)29/h3-5,7-10,15,17H,6,11-14,16H2,1-2H3,(H,25,30). The Morgan fingerprint density at radius 3 is 2.73 bits per heavy atom. The van der Waals surface area contributed by atoms with E-state index in [9.17, 15) is 9.59 Å². The second-order valence-corrected chi connectivity index (χ2v) is 8.13. The van der Waals surface area contributed by atoms with Crippen molar-refractivity contribution in [2.24, 2.45) is 0 Å². The van der Waals surface area contributed by atoms with Crippen molar-refractivity contribution in [2.75, 3.05) is 32.5 Å². The van der Waals surface area contributed by atoms with E-state index in [1.54, 1.807) is 0 Å². The average molecular weight is 405 g/mol. The van der Waals surface area contributed by atoms with Crippen molar-refractivity contribution in [1.82, 2.24) is 14.4 Å². The first kappa shape index (κ1) is 20.2. The second kappa shape index (κ2) is 8.71. The van der Waals surface area contributed by atoms with Gasteiger partial charge in [0.2, 0.25) is 5.91 Å². The maximum atomic E-state index is 13.1. The molecule has 1 aromatic heterocycles. The number of para-hydroxylation sites is 1. The number of carbonyl (C=O) groups excluding carboxylic acids is 2. The molecule has 0 saturated carbocycles. The van der Waals surface area contributed by atoms with Gasteiger partial charge in [-0.2, -0.15) is 0 Å². The Kier molecular flexibility index (Phi) is 5.86. The van der Waals surface area contributed by atoms with Gasteiger partial charge in [0.05, 0.1) is 5.56 Å². The molecular weight excluding hydrogens is 376 g/mol. The molecule has 3 aromatic rings. The summed E-state index contributed by atoms with van der Waals surface area (Å²) in [7, 11) is 4.09. The fourth-order valence-corrected chi connectivity index (χ4v) is 3.96. The van der Waals surface area contributed by atoms with E-state index in [2.05, 4.69) is 20.9 Å². The largest absolute Gasteiger partial charge is 0.345 e. The molecule has 0 spiro atoms. The quantitative estimate of drug-likeness (QED) is 0.655. The minimum Gasteiger partial charge on any atom is -0.345 e. The van der Waals surface area contributed by atoms with Crippen LogP contribution in [0.25, 0.3) is 10.9 Å². The van der Waals surface area contributed by atoms with E-state index in [1.165, 1.54) is 0 Å². The van der Waals surface area contributed by atoms with Gasteiger partial charge in [0, 0.05) is 55.4 Å². The number of benzene rings is 2. The van der Waals surface area contributed by atoms with Crippen LogP contribution in [0.1, 0.15) is 28.8 Å². The van der Waals surface area contributed by atoms with Gasteiger partial charge in [0.15, 0.2) is 0 Å². The second-order valence-electron chi connectivity index (χ2n) is 8.13. The molecule has 0 bridgehead atoms. The minimum atomic E-state index is -0.121. The van der Waals surface area contributed by atoms with Crippen molar-refractivity contribution in [2.45, 2.75) is 25.9 Å². The molecule has 1 N–H and O–H groups in total. The van der Waals surface area contributed by atoms with Gasteiger partial charge in [-0.05, 0) is 44.3 Å². The summed E-state index contributed by atoms with van der Waals surface area (Å²) in [6.45, 7) is 3.12. The summed E-state index contributed by atoms with van der Waals surface area (Å²) in [5.74, 6) is 0.0826. The fraction of sp³-hybridized carbons (Fsp3) is 0.333. The molecule has 30 heavy (non-hydrogen) atoms. The average Bonchev–Trinajstić information content (AvgIpc) is 3.30. The number of likely N-dealkylation sites (tertiary alicyclic amines) is 1. The Balaban J connectivity index is 1.53. The van der Waals surface area contributed by atoms with Gasteiger partial charge in [-0.1, -0.05) is 30.3 Å². The Hall–Kier alpha value is -3.12. The number of likely N-dealkylation sites (N-methyl/N-ethyl adjacent to an activating group) is 1. The number of hydrogen-bond donors (Lipinski definition) is 1. The van der Waals surface area contributed by atoms with Crippen molar-refractivity contribution in [3.8, 4) is 0 Å². The van der Waals surface area contributed by atoms with Crippen molar-refractivity contribution < 1.29 is 9.59 Å². The number of fused-ring (bicyclic) bond motifs is 1. The van der Waals surface area contributed by atoms with Gasteiger partial charge in [-0.3, -0.25) is 9.59 Å². The lowest BCUT2D eigenvalue weighted by atomic mass is 10.1. The molecule has 1 fully saturated rings. The summed E-state index contributed by atoms with van der Waals surface area (Å²) < 4.78 is 2.14. The molecule has 0 aliphatic carbocycles. The van der Waals surface area contributed by atoms with E-state index in [0.29, 0.717) is 18.5 Å². The first-order valence-corrected chi connectivity index (χ1v) is 10.4. The van der Waals surface area contributed by atoms with Gasteiger partial charge in [-0.25, -0.2) is 0 Å². The number of carbonyl (C=O) groups is 2. The number of nitrogens with one attached hydrogen (secondary N) is 1. The van der Waals surface area contributed by atoms with Crippen LogP contribution in [0.3, 0.4) is 0 Å². The third-order valence-electron chi connectivity index (χ3n) is 5.55. The normalized spacial score (nSPS) is 14.1. The number of nitrogens with zero attached hydrogens (tertiary/aromatic N) is 3. The topological polar surface area (TPSA) is 57.6 Å². The number of anilines is 1. The van der Waals surface area contributed by atoms with Crippen LogP contribution in [-0.2, 0) is 17.9 Å². The third kappa shape index (κ3) is 4.39. The number of aromatic nitrogens is 1. The number of rotatable bonds is 7. The smallest absolute Gasteiger partial charge is 0.257 e. The molecule has 1 saturated heterocycles. The predicted octanol–water partition coefficient (Wildman–Crippen LogP) is 3.58. The highest BCUT2D eigenvalue weighted by Crippen LogP contribution is 2.23. The van der Waals surface area contributed by atoms with Crippen LogP contribution >= 0.6 is 0 Å². The number of hydrogen-bond acceptors (Lipinski definition) is 3. The van der Waals surface area contributed by atoms with Gasteiger partial charge >= 0.3 is 0 Å². The first-order chi connectivity index (χ1) is 14.5. The van der Waals surface area contributed by atoms with Crippen LogP contribution in [0.2, 0.25) is 0 Å². The maximum Gasteiger partial charge on any atom is 0.257 e. The van der Waals surface area contributed by atoms with Crippen molar-refractivity contribution in [3.63, 3.8) is 0 Å². The molecule has 0 unspecified atom stereocenters. The summed E-state index contributed by atoms with van der Waals surface area (Å²) in [5, 5.41) is 3.99. The fourth-order valence-electron chi connectivity index (χ4n) is 3.96. The van der Waals surface area contributed by atoms with E-state index in [-0.39, 0.29) is 11.8 Å². The highest BCUT2D eigenvalue weighted by Gasteiger charge is 2.20. The van der Waals surface area contributed by atoms with Crippen molar-refractivity contribution in [3.05, 3.63) is 65.9 Å². The molecule has 6 heteroatoms. The van der Waals surface area contributed by atoms with Crippen LogP contribution < -0.4 is 5.32 Å². The molecule has 2 heterocycles. The van der Waals surface area contributed by atoms with E-state index >= 15 is 0 Å². The molecule has 1 aliphatic heterocycles. The van der Waals surface area contributed by atoms with Gasteiger partial charge in [-0.15, -0.1) is 0 Å². The Morgan fingerprint density at radius 1 is 1.13 bits per heavy atom.